The molecule has 1 aromatic carbocycles. The Morgan fingerprint density at radius 3 is 2.88 bits per heavy atom. The van der Waals surface area contributed by atoms with E-state index in [0.717, 1.165) is 10.6 Å². The summed E-state index contributed by atoms with van der Waals surface area (Å²) < 4.78 is 0. The van der Waals surface area contributed by atoms with E-state index in [4.69, 9.17) is 17.3 Å². The van der Waals surface area contributed by atoms with E-state index in [1.165, 1.54) is 0 Å². The van der Waals surface area contributed by atoms with Crippen LogP contribution in [0.25, 0.3) is 0 Å². The number of phenolic OH excluding ortho intramolecular Hbond substituents is 1. The summed E-state index contributed by atoms with van der Waals surface area (Å²) in [4.78, 5) is 5.14. The number of rotatable bonds is 3. The molecule has 0 aliphatic rings. The van der Waals surface area contributed by atoms with Crippen LogP contribution < -0.4 is 5.73 Å². The number of nitrogen functional groups attached to an aromatic ring is 1. The van der Waals surface area contributed by atoms with E-state index in [0.29, 0.717) is 16.6 Å². The third-order valence-corrected chi connectivity index (χ3v) is 3.48. The van der Waals surface area contributed by atoms with Crippen molar-refractivity contribution in [2.24, 2.45) is 0 Å². The topological polar surface area (TPSA) is 59.1 Å². The average molecular weight is 267 g/mol. The van der Waals surface area contributed by atoms with Crippen LogP contribution in [0.1, 0.15) is 5.69 Å². The van der Waals surface area contributed by atoms with Crippen LogP contribution in [-0.4, -0.2) is 10.1 Å². The quantitative estimate of drug-likeness (QED) is 0.837. The van der Waals surface area contributed by atoms with E-state index in [9.17, 15) is 5.11 Å². The van der Waals surface area contributed by atoms with Gasteiger partial charge < -0.3 is 10.8 Å². The van der Waals surface area contributed by atoms with Gasteiger partial charge in [-0.1, -0.05) is 17.7 Å². The highest BCUT2D eigenvalue weighted by Gasteiger charge is 2.04. The van der Waals surface area contributed by atoms with E-state index in [2.05, 4.69) is 4.98 Å². The van der Waals surface area contributed by atoms with Gasteiger partial charge in [-0.2, -0.15) is 0 Å². The molecule has 2 aromatic rings. The van der Waals surface area contributed by atoms with Crippen LogP contribution in [0.2, 0.25) is 5.02 Å². The number of anilines is 1. The second-order valence-electron chi connectivity index (χ2n) is 3.45. The number of benzene rings is 1. The third kappa shape index (κ3) is 3.28. The Morgan fingerprint density at radius 2 is 2.12 bits per heavy atom. The molecule has 0 saturated heterocycles. The Labute approximate surface area is 109 Å². The molecule has 88 valence electrons. The lowest BCUT2D eigenvalue weighted by atomic mass is 10.3. The van der Waals surface area contributed by atoms with Crippen LogP contribution in [0.5, 0.6) is 5.75 Å². The summed E-state index contributed by atoms with van der Waals surface area (Å²) in [5.41, 5.74) is 6.35. The van der Waals surface area contributed by atoms with Gasteiger partial charge in [-0.15, -0.1) is 11.8 Å². The molecule has 1 heterocycles. The van der Waals surface area contributed by atoms with Gasteiger partial charge in [0, 0.05) is 10.6 Å². The minimum Gasteiger partial charge on any atom is -0.508 e. The summed E-state index contributed by atoms with van der Waals surface area (Å²) in [5.74, 6) is 1.33. The highest BCUT2D eigenvalue weighted by molar-refractivity contribution is 7.98. The van der Waals surface area contributed by atoms with Crippen LogP contribution in [0.3, 0.4) is 0 Å². The van der Waals surface area contributed by atoms with Gasteiger partial charge in [0.05, 0.1) is 10.7 Å². The molecular formula is C12H11ClN2OS. The van der Waals surface area contributed by atoms with Gasteiger partial charge in [0.2, 0.25) is 0 Å². The zero-order valence-electron chi connectivity index (χ0n) is 8.93. The van der Waals surface area contributed by atoms with Crippen molar-refractivity contribution in [3.8, 4) is 5.75 Å². The van der Waals surface area contributed by atoms with Crippen LogP contribution in [0, 0.1) is 0 Å². The van der Waals surface area contributed by atoms with E-state index >= 15 is 0 Å². The van der Waals surface area contributed by atoms with Crippen molar-refractivity contribution in [1.82, 2.24) is 4.98 Å². The van der Waals surface area contributed by atoms with Crippen molar-refractivity contribution in [2.75, 3.05) is 5.73 Å². The summed E-state index contributed by atoms with van der Waals surface area (Å²) in [5, 5.41) is 9.94. The first-order chi connectivity index (χ1) is 8.15. The van der Waals surface area contributed by atoms with E-state index in [1.54, 1.807) is 42.1 Å². The number of hydrogen-bond acceptors (Lipinski definition) is 4. The van der Waals surface area contributed by atoms with E-state index in [-0.39, 0.29) is 5.75 Å². The molecule has 17 heavy (non-hydrogen) atoms. The van der Waals surface area contributed by atoms with Gasteiger partial charge in [-0.3, -0.25) is 0 Å². The van der Waals surface area contributed by atoms with E-state index < -0.39 is 0 Å². The fraction of sp³-hybridized carbons (Fsp3) is 0.0833. The predicted molar refractivity (Wildman–Crippen MR) is 71.3 cm³/mol. The van der Waals surface area contributed by atoms with Crippen molar-refractivity contribution in [2.45, 2.75) is 10.6 Å². The van der Waals surface area contributed by atoms with Gasteiger partial charge in [0.1, 0.15) is 11.6 Å². The van der Waals surface area contributed by atoms with Crippen LogP contribution in [0.4, 0.5) is 5.82 Å². The highest BCUT2D eigenvalue weighted by Crippen LogP contribution is 2.27. The maximum atomic E-state index is 9.33. The number of pyridine rings is 1. The molecule has 0 radical (unpaired) electrons. The van der Waals surface area contributed by atoms with Crippen molar-refractivity contribution >= 4 is 29.2 Å². The Kier molecular flexibility index (Phi) is 3.76. The molecule has 3 N–H and O–H groups in total. The molecule has 0 atom stereocenters. The van der Waals surface area contributed by atoms with Gasteiger partial charge in [0.25, 0.3) is 0 Å². The molecule has 0 fully saturated rings. The minimum absolute atomic E-state index is 0.252. The Hall–Kier alpha value is -1.39. The van der Waals surface area contributed by atoms with Crippen LogP contribution >= 0.6 is 23.4 Å². The SMILES string of the molecule is Nc1ccc(Cl)c(CSc2cccc(O)c2)n1. The number of nitrogens with two attached hydrogens (primary N) is 1. The first-order valence-electron chi connectivity index (χ1n) is 4.98. The Bertz CT molecular complexity index is 534. The van der Waals surface area contributed by atoms with Crippen molar-refractivity contribution < 1.29 is 5.11 Å². The molecule has 0 bridgehead atoms. The third-order valence-electron chi connectivity index (χ3n) is 2.13. The molecule has 2 rings (SSSR count). The lowest BCUT2D eigenvalue weighted by Gasteiger charge is -2.04. The predicted octanol–water partition coefficient (Wildman–Crippen LogP) is 3.32. The van der Waals surface area contributed by atoms with Crippen molar-refractivity contribution in [3.63, 3.8) is 0 Å². The molecule has 0 saturated carbocycles. The fourth-order valence-electron chi connectivity index (χ4n) is 1.33. The largest absolute Gasteiger partial charge is 0.508 e. The molecule has 0 aliphatic heterocycles. The summed E-state index contributed by atoms with van der Waals surface area (Å²) >= 11 is 7.56. The van der Waals surface area contributed by atoms with Gasteiger partial charge >= 0.3 is 0 Å². The van der Waals surface area contributed by atoms with Crippen molar-refractivity contribution in [1.29, 1.82) is 0 Å². The maximum Gasteiger partial charge on any atom is 0.123 e. The second-order valence-corrected chi connectivity index (χ2v) is 4.91. The number of thioether (sulfide) groups is 1. The van der Waals surface area contributed by atoms with Crippen molar-refractivity contribution in [3.05, 3.63) is 47.1 Å². The number of aromatic nitrogens is 1. The number of nitrogens with zero attached hydrogens (tertiary/aromatic N) is 1. The molecule has 3 nitrogen and oxygen atoms in total. The molecule has 1 aromatic heterocycles. The van der Waals surface area contributed by atoms with Crippen LogP contribution in [-0.2, 0) is 5.75 Å². The van der Waals surface area contributed by atoms with E-state index in [1.807, 2.05) is 6.07 Å². The minimum atomic E-state index is 0.252. The normalized spacial score (nSPS) is 10.4. The van der Waals surface area contributed by atoms with Gasteiger partial charge in [0.15, 0.2) is 0 Å². The first-order valence-corrected chi connectivity index (χ1v) is 6.34. The number of halogens is 1. The zero-order valence-corrected chi connectivity index (χ0v) is 10.5. The van der Waals surface area contributed by atoms with Crippen LogP contribution in [0.15, 0.2) is 41.3 Å². The lowest BCUT2D eigenvalue weighted by molar-refractivity contribution is 0.474. The molecule has 0 aliphatic carbocycles. The molecule has 0 amide bonds. The summed E-state index contributed by atoms with van der Waals surface area (Å²) in [6.45, 7) is 0. The standard InChI is InChI=1S/C12H11ClN2OS/c13-10-4-5-12(14)15-11(10)7-17-9-3-1-2-8(16)6-9/h1-6,16H,7H2,(H2,14,15). The summed E-state index contributed by atoms with van der Waals surface area (Å²) in [6, 6.07) is 10.5. The smallest absolute Gasteiger partial charge is 0.123 e. The number of hydrogen-bond donors (Lipinski definition) is 2. The first kappa shape index (κ1) is 12.1. The lowest BCUT2D eigenvalue weighted by Crippen LogP contribution is -1.94. The van der Waals surface area contributed by atoms with Gasteiger partial charge in [-0.25, -0.2) is 4.98 Å². The zero-order chi connectivity index (χ0) is 12.3. The second kappa shape index (κ2) is 5.29. The molecule has 0 unspecified atom stereocenters. The molecule has 5 heteroatoms. The Morgan fingerprint density at radius 1 is 1.29 bits per heavy atom. The molecule has 0 spiro atoms. The highest BCUT2D eigenvalue weighted by atomic mass is 35.5. The average Bonchev–Trinajstić information content (AvgIpc) is 2.30. The molecular weight excluding hydrogens is 256 g/mol. The summed E-state index contributed by atoms with van der Waals surface area (Å²) in [6.07, 6.45) is 0. The van der Waals surface area contributed by atoms with Gasteiger partial charge in [-0.05, 0) is 30.3 Å². The maximum absolute atomic E-state index is 9.33. The number of aromatic hydroxyl groups is 1. The Balaban J connectivity index is 2.09. The number of phenols is 1. The monoisotopic (exact) mass is 266 g/mol. The fourth-order valence-corrected chi connectivity index (χ4v) is 2.48. The summed E-state index contributed by atoms with van der Waals surface area (Å²) in [7, 11) is 0.